The summed E-state index contributed by atoms with van der Waals surface area (Å²) in [6, 6.07) is -0.405. The molecule has 0 aromatic heterocycles. The zero-order valence-electron chi connectivity index (χ0n) is 12.9. The van der Waals surface area contributed by atoms with Crippen molar-refractivity contribution < 1.29 is 19.5 Å². The number of imide groups is 1. The number of carbonyl (C=O) groups is 3. The normalized spacial score (nSPS) is 11.0. The minimum Gasteiger partial charge on any atom is -0.481 e. The topological polar surface area (TPSA) is 86.7 Å². The summed E-state index contributed by atoms with van der Waals surface area (Å²) in [6.07, 6.45) is 1.77. The second kappa shape index (κ2) is 8.55. The maximum absolute atomic E-state index is 11.9. The number of carboxylic acids is 1. The summed E-state index contributed by atoms with van der Waals surface area (Å²) < 4.78 is 0. The molecule has 0 saturated heterocycles. The lowest BCUT2D eigenvalue weighted by molar-refractivity contribution is -0.139. The van der Waals surface area contributed by atoms with Crippen LogP contribution in [0.3, 0.4) is 0 Å². The lowest BCUT2D eigenvalue weighted by atomic mass is 9.85. The Morgan fingerprint density at radius 2 is 1.75 bits per heavy atom. The van der Waals surface area contributed by atoms with E-state index < -0.39 is 23.3 Å². The van der Waals surface area contributed by atoms with E-state index in [1.807, 2.05) is 13.8 Å². The summed E-state index contributed by atoms with van der Waals surface area (Å²) in [6.45, 7) is 8.43. The highest BCUT2D eigenvalue weighted by Crippen LogP contribution is 2.24. The summed E-state index contributed by atoms with van der Waals surface area (Å²) in [5.74, 6) is -1.39. The molecule has 6 heteroatoms. The summed E-state index contributed by atoms with van der Waals surface area (Å²) in [5, 5.41) is 11.1. The summed E-state index contributed by atoms with van der Waals surface area (Å²) >= 11 is 0. The second-order valence-corrected chi connectivity index (χ2v) is 5.70. The molecule has 6 nitrogen and oxygen atoms in total. The number of urea groups is 1. The first-order valence-electron chi connectivity index (χ1n) is 7.02. The molecule has 2 N–H and O–H groups in total. The highest BCUT2D eigenvalue weighted by Gasteiger charge is 2.26. The van der Waals surface area contributed by atoms with E-state index >= 15 is 0 Å². The van der Waals surface area contributed by atoms with Crippen LogP contribution in [0.5, 0.6) is 0 Å². The Bertz CT molecular complexity index is 353. The molecule has 0 aromatic rings. The van der Waals surface area contributed by atoms with Gasteiger partial charge in [0.1, 0.15) is 0 Å². The Morgan fingerprint density at radius 1 is 1.15 bits per heavy atom. The quantitative estimate of drug-likeness (QED) is 0.716. The summed E-state index contributed by atoms with van der Waals surface area (Å²) in [5.41, 5.74) is -0.670. The van der Waals surface area contributed by atoms with Crippen LogP contribution in [0.25, 0.3) is 0 Å². The molecule has 0 rings (SSSR count). The number of hydrogen-bond acceptors (Lipinski definition) is 3. The Morgan fingerprint density at radius 3 is 2.20 bits per heavy atom. The predicted octanol–water partition coefficient (Wildman–Crippen LogP) is 2.24. The van der Waals surface area contributed by atoms with Crippen molar-refractivity contribution >= 4 is 17.9 Å². The van der Waals surface area contributed by atoms with Crippen molar-refractivity contribution in [3.8, 4) is 0 Å². The van der Waals surface area contributed by atoms with E-state index in [9.17, 15) is 14.4 Å². The number of amides is 3. The van der Waals surface area contributed by atoms with Gasteiger partial charge >= 0.3 is 12.0 Å². The number of nitrogens with one attached hydrogen (secondary N) is 1. The molecule has 0 unspecified atom stereocenters. The number of carboxylic acid groups (broad SMARTS) is 1. The summed E-state index contributed by atoms with van der Waals surface area (Å²) in [4.78, 5) is 35.9. The zero-order chi connectivity index (χ0) is 15.8. The second-order valence-electron chi connectivity index (χ2n) is 5.70. The number of hydrogen-bond donors (Lipinski definition) is 2. The van der Waals surface area contributed by atoms with Gasteiger partial charge in [0.2, 0.25) is 5.91 Å². The molecule has 0 aliphatic carbocycles. The number of carbonyl (C=O) groups excluding carboxylic acids is 2. The van der Waals surface area contributed by atoms with E-state index in [4.69, 9.17) is 5.11 Å². The van der Waals surface area contributed by atoms with Crippen LogP contribution in [0.15, 0.2) is 0 Å². The molecule has 116 valence electrons. The van der Waals surface area contributed by atoms with Gasteiger partial charge in [0.15, 0.2) is 0 Å². The average molecular weight is 286 g/mol. The third-order valence-electron chi connectivity index (χ3n) is 2.97. The molecule has 0 heterocycles. The van der Waals surface area contributed by atoms with E-state index in [-0.39, 0.29) is 12.8 Å². The Balaban J connectivity index is 4.37. The fraction of sp³-hybridized carbons (Fsp3) is 0.786. The van der Waals surface area contributed by atoms with Crippen molar-refractivity contribution in [3.63, 3.8) is 0 Å². The van der Waals surface area contributed by atoms with Crippen molar-refractivity contribution in [2.75, 3.05) is 13.1 Å². The predicted molar refractivity (Wildman–Crippen MR) is 76.3 cm³/mol. The summed E-state index contributed by atoms with van der Waals surface area (Å²) in [7, 11) is 0. The fourth-order valence-electron chi connectivity index (χ4n) is 1.90. The molecule has 0 bridgehead atoms. The van der Waals surface area contributed by atoms with Gasteiger partial charge in [0, 0.05) is 19.5 Å². The minimum atomic E-state index is -0.952. The maximum atomic E-state index is 11.9. The van der Waals surface area contributed by atoms with Crippen LogP contribution in [-0.4, -0.2) is 41.0 Å². The van der Waals surface area contributed by atoms with Crippen LogP contribution in [0.2, 0.25) is 0 Å². The van der Waals surface area contributed by atoms with Crippen molar-refractivity contribution in [3.05, 3.63) is 0 Å². The molecule has 0 fully saturated rings. The van der Waals surface area contributed by atoms with Crippen LogP contribution in [0.1, 0.15) is 53.4 Å². The Labute approximate surface area is 120 Å². The van der Waals surface area contributed by atoms with E-state index in [1.54, 1.807) is 18.7 Å². The first kappa shape index (κ1) is 18.4. The highest BCUT2D eigenvalue weighted by atomic mass is 16.4. The SMILES string of the molecule is CCCCN(CC)C(=O)NC(=O)CC(C)(C)CC(=O)O. The zero-order valence-corrected chi connectivity index (χ0v) is 12.9. The molecule has 0 aromatic carbocycles. The molecule has 0 aliphatic heterocycles. The molecule has 0 saturated carbocycles. The van der Waals surface area contributed by atoms with Gasteiger partial charge in [-0.25, -0.2) is 4.79 Å². The van der Waals surface area contributed by atoms with Crippen LogP contribution in [0, 0.1) is 5.41 Å². The lowest BCUT2D eigenvalue weighted by Crippen LogP contribution is -2.44. The smallest absolute Gasteiger partial charge is 0.324 e. The molecule has 0 radical (unpaired) electrons. The first-order valence-corrected chi connectivity index (χ1v) is 7.02. The number of nitrogens with zero attached hydrogens (tertiary/aromatic N) is 1. The third-order valence-corrected chi connectivity index (χ3v) is 2.97. The van der Waals surface area contributed by atoms with Gasteiger partial charge in [-0.1, -0.05) is 27.2 Å². The van der Waals surface area contributed by atoms with Crippen molar-refractivity contribution in [1.29, 1.82) is 0 Å². The van der Waals surface area contributed by atoms with Crippen LogP contribution in [0.4, 0.5) is 4.79 Å². The van der Waals surface area contributed by atoms with Gasteiger partial charge in [-0.2, -0.15) is 0 Å². The number of aliphatic carboxylic acids is 1. The van der Waals surface area contributed by atoms with E-state index in [0.29, 0.717) is 13.1 Å². The molecule has 0 aliphatic rings. The monoisotopic (exact) mass is 286 g/mol. The van der Waals surface area contributed by atoms with Crippen LogP contribution in [-0.2, 0) is 9.59 Å². The molecule has 0 atom stereocenters. The molecule has 20 heavy (non-hydrogen) atoms. The van der Waals surface area contributed by atoms with Gasteiger partial charge in [0.05, 0.1) is 6.42 Å². The van der Waals surface area contributed by atoms with E-state index in [2.05, 4.69) is 5.32 Å². The number of rotatable bonds is 8. The largest absolute Gasteiger partial charge is 0.481 e. The van der Waals surface area contributed by atoms with Crippen molar-refractivity contribution in [2.45, 2.75) is 53.4 Å². The molecular formula is C14H26N2O4. The third kappa shape index (κ3) is 7.76. The van der Waals surface area contributed by atoms with E-state index in [0.717, 1.165) is 12.8 Å². The fourth-order valence-corrected chi connectivity index (χ4v) is 1.90. The van der Waals surface area contributed by atoms with Gasteiger partial charge in [-0.05, 0) is 18.8 Å². The highest BCUT2D eigenvalue weighted by molar-refractivity contribution is 5.94. The van der Waals surface area contributed by atoms with Gasteiger partial charge in [-0.15, -0.1) is 0 Å². The van der Waals surface area contributed by atoms with E-state index in [1.165, 1.54) is 0 Å². The van der Waals surface area contributed by atoms with Crippen LogP contribution >= 0.6 is 0 Å². The molecular weight excluding hydrogens is 260 g/mol. The van der Waals surface area contributed by atoms with Crippen molar-refractivity contribution in [2.24, 2.45) is 5.41 Å². The van der Waals surface area contributed by atoms with Gasteiger partial charge in [-0.3, -0.25) is 14.9 Å². The average Bonchev–Trinajstić information content (AvgIpc) is 2.26. The minimum absolute atomic E-state index is 0.0103. The van der Waals surface area contributed by atoms with Gasteiger partial charge < -0.3 is 10.0 Å². The Hall–Kier alpha value is -1.59. The molecule has 3 amide bonds. The maximum Gasteiger partial charge on any atom is 0.324 e. The van der Waals surface area contributed by atoms with Gasteiger partial charge in [0.25, 0.3) is 0 Å². The van der Waals surface area contributed by atoms with Crippen molar-refractivity contribution in [1.82, 2.24) is 10.2 Å². The number of unbranched alkanes of at least 4 members (excludes halogenated alkanes) is 1. The standard InChI is InChI=1S/C14H26N2O4/c1-5-7-8-16(6-2)13(20)15-11(17)9-14(3,4)10-12(18)19/h5-10H2,1-4H3,(H,18,19)(H,15,17,20). The lowest BCUT2D eigenvalue weighted by Gasteiger charge is -2.24. The Kier molecular flexibility index (Phi) is 7.87. The first-order chi connectivity index (χ1) is 9.21. The molecule has 0 spiro atoms. The van der Waals surface area contributed by atoms with Crippen LogP contribution < -0.4 is 5.32 Å².